The maximum absolute atomic E-state index is 13.2. The van der Waals surface area contributed by atoms with Gasteiger partial charge in [-0.2, -0.15) is 4.72 Å². The van der Waals surface area contributed by atoms with E-state index >= 15 is 0 Å². The molecule has 172 valence electrons. The first-order chi connectivity index (χ1) is 14.8. The third-order valence-electron chi connectivity index (χ3n) is 6.14. The van der Waals surface area contributed by atoms with Crippen molar-refractivity contribution in [2.24, 2.45) is 11.8 Å². The molecule has 1 saturated heterocycles. The Kier molecular flexibility index (Phi) is 6.74. The molecule has 1 amide bonds. The van der Waals surface area contributed by atoms with Crippen molar-refractivity contribution >= 4 is 15.9 Å². The second kappa shape index (κ2) is 9.34. The topological polar surface area (TPSA) is 88.2 Å². The quantitative estimate of drug-likeness (QED) is 0.679. The molecule has 1 aliphatic carbocycles. The molecule has 31 heavy (non-hydrogen) atoms. The molecule has 1 N–H and O–H groups in total. The lowest BCUT2D eigenvalue weighted by molar-refractivity contribution is -0.135. The van der Waals surface area contributed by atoms with Crippen molar-refractivity contribution in [2.75, 3.05) is 45.9 Å². The van der Waals surface area contributed by atoms with E-state index in [1.165, 1.54) is 25.0 Å². The molecule has 4 rings (SSSR count). The van der Waals surface area contributed by atoms with Gasteiger partial charge in [0.25, 0.3) is 0 Å². The minimum atomic E-state index is -3.90. The highest BCUT2D eigenvalue weighted by Crippen LogP contribution is 2.32. The van der Waals surface area contributed by atoms with Crippen LogP contribution in [0.3, 0.4) is 0 Å². The number of carbonyl (C=O) groups is 1. The smallest absolute Gasteiger partial charge is 0.241 e. The van der Waals surface area contributed by atoms with Crippen LogP contribution in [0.1, 0.15) is 33.1 Å². The van der Waals surface area contributed by atoms with Crippen LogP contribution in [0.25, 0.3) is 0 Å². The van der Waals surface area contributed by atoms with Crippen molar-refractivity contribution in [1.29, 1.82) is 0 Å². The van der Waals surface area contributed by atoms with Crippen molar-refractivity contribution in [2.45, 2.75) is 44.0 Å². The van der Waals surface area contributed by atoms with E-state index in [9.17, 15) is 13.2 Å². The molecule has 2 heterocycles. The number of nitrogens with one attached hydrogen (secondary N) is 1. The van der Waals surface area contributed by atoms with E-state index < -0.39 is 16.1 Å². The van der Waals surface area contributed by atoms with Gasteiger partial charge in [-0.25, -0.2) is 8.42 Å². The Bertz CT molecular complexity index is 892. The van der Waals surface area contributed by atoms with Crippen LogP contribution in [-0.4, -0.2) is 76.1 Å². The highest BCUT2D eigenvalue weighted by atomic mass is 32.2. The van der Waals surface area contributed by atoms with Crippen LogP contribution in [-0.2, 0) is 14.8 Å². The summed E-state index contributed by atoms with van der Waals surface area (Å²) >= 11 is 0. The summed E-state index contributed by atoms with van der Waals surface area (Å²) in [4.78, 5) is 17.5. The van der Waals surface area contributed by atoms with Crippen molar-refractivity contribution in [3.8, 4) is 11.5 Å². The van der Waals surface area contributed by atoms with Gasteiger partial charge in [-0.3, -0.25) is 9.69 Å². The van der Waals surface area contributed by atoms with Crippen LogP contribution in [0.2, 0.25) is 0 Å². The van der Waals surface area contributed by atoms with E-state index in [2.05, 4.69) is 9.62 Å². The number of hydrogen-bond acceptors (Lipinski definition) is 6. The maximum atomic E-state index is 13.2. The average Bonchev–Trinajstić information content (AvgIpc) is 3.58. The van der Waals surface area contributed by atoms with E-state index in [-0.39, 0.29) is 16.7 Å². The third kappa shape index (κ3) is 5.51. The van der Waals surface area contributed by atoms with E-state index in [4.69, 9.17) is 9.47 Å². The van der Waals surface area contributed by atoms with E-state index in [0.29, 0.717) is 37.8 Å². The summed E-state index contributed by atoms with van der Waals surface area (Å²) in [5.74, 6) is 1.45. The number of piperazine rings is 1. The molecule has 0 bridgehead atoms. The predicted octanol–water partition coefficient (Wildman–Crippen LogP) is 1.70. The Morgan fingerprint density at radius 1 is 1.10 bits per heavy atom. The Labute approximate surface area is 184 Å². The second-order valence-electron chi connectivity index (χ2n) is 9.07. The van der Waals surface area contributed by atoms with Crippen molar-refractivity contribution < 1.29 is 22.7 Å². The third-order valence-corrected chi connectivity index (χ3v) is 7.58. The minimum Gasteiger partial charge on any atom is -0.490 e. The summed E-state index contributed by atoms with van der Waals surface area (Å²) < 4.78 is 40.1. The van der Waals surface area contributed by atoms with Crippen molar-refractivity contribution in [1.82, 2.24) is 14.5 Å². The number of carbonyl (C=O) groups excluding carboxylic acids is 1. The number of benzene rings is 1. The predicted molar refractivity (Wildman–Crippen MR) is 117 cm³/mol. The second-order valence-corrected chi connectivity index (χ2v) is 10.8. The maximum Gasteiger partial charge on any atom is 0.241 e. The van der Waals surface area contributed by atoms with Crippen LogP contribution in [0.4, 0.5) is 0 Å². The van der Waals surface area contributed by atoms with Crippen LogP contribution in [0.5, 0.6) is 11.5 Å². The fourth-order valence-electron chi connectivity index (χ4n) is 4.03. The lowest BCUT2D eigenvalue weighted by atomic mass is 10.0. The SMILES string of the molecule is CC(C)C(NS(=O)(=O)c1ccc2c(c1)OCCCO2)C(=O)N1CCN(CC2CC2)CC1. The van der Waals surface area contributed by atoms with Crippen molar-refractivity contribution in [3.05, 3.63) is 18.2 Å². The Morgan fingerprint density at radius 3 is 2.42 bits per heavy atom. The standard InChI is InChI=1S/C22H33N3O5S/c1-16(2)21(22(26)25-10-8-24(9-11-25)15-17-4-5-17)23-31(27,28)18-6-7-19-20(14-18)30-13-3-12-29-19/h6-7,14,16-17,21,23H,3-5,8-13,15H2,1-2H3. The Balaban J connectivity index is 1.43. The summed E-state index contributed by atoms with van der Waals surface area (Å²) in [6.07, 6.45) is 3.37. The zero-order valence-electron chi connectivity index (χ0n) is 18.4. The van der Waals surface area contributed by atoms with Gasteiger partial charge in [-0.1, -0.05) is 13.8 Å². The summed E-state index contributed by atoms with van der Waals surface area (Å²) in [6, 6.07) is 3.77. The molecular weight excluding hydrogens is 418 g/mol. The molecular formula is C22H33N3O5S. The lowest BCUT2D eigenvalue weighted by Crippen LogP contribution is -2.56. The van der Waals surface area contributed by atoms with Gasteiger partial charge in [-0.05, 0) is 36.8 Å². The van der Waals surface area contributed by atoms with E-state index in [1.54, 1.807) is 11.0 Å². The zero-order chi connectivity index (χ0) is 22.0. The van der Waals surface area contributed by atoms with Crippen LogP contribution in [0, 0.1) is 11.8 Å². The van der Waals surface area contributed by atoms with Crippen LogP contribution in [0.15, 0.2) is 23.1 Å². The normalized spacial score (nSPS) is 21.1. The molecule has 3 aliphatic rings. The molecule has 0 spiro atoms. The van der Waals surface area contributed by atoms with E-state index in [1.807, 2.05) is 13.8 Å². The molecule has 1 aromatic carbocycles. The van der Waals surface area contributed by atoms with Crippen LogP contribution < -0.4 is 14.2 Å². The number of amides is 1. The summed E-state index contributed by atoms with van der Waals surface area (Å²) in [6.45, 7) is 8.83. The van der Waals surface area contributed by atoms with Gasteiger partial charge in [0.2, 0.25) is 15.9 Å². The Morgan fingerprint density at radius 2 is 1.77 bits per heavy atom. The van der Waals surface area contributed by atoms with Gasteiger partial charge in [-0.15, -0.1) is 0 Å². The lowest BCUT2D eigenvalue weighted by Gasteiger charge is -2.37. The molecule has 0 aromatic heterocycles. The largest absolute Gasteiger partial charge is 0.490 e. The van der Waals surface area contributed by atoms with Gasteiger partial charge in [0, 0.05) is 45.2 Å². The number of hydrogen-bond donors (Lipinski definition) is 1. The molecule has 1 atom stereocenters. The van der Waals surface area contributed by atoms with Gasteiger partial charge >= 0.3 is 0 Å². The first kappa shape index (κ1) is 22.4. The highest BCUT2D eigenvalue weighted by Gasteiger charge is 2.34. The molecule has 1 aromatic rings. The number of nitrogens with zero attached hydrogens (tertiary/aromatic N) is 2. The summed E-state index contributed by atoms with van der Waals surface area (Å²) in [7, 11) is -3.90. The van der Waals surface area contributed by atoms with Crippen LogP contribution >= 0.6 is 0 Å². The van der Waals surface area contributed by atoms with Gasteiger partial charge in [0.1, 0.15) is 6.04 Å². The zero-order valence-corrected chi connectivity index (χ0v) is 19.2. The molecule has 0 radical (unpaired) electrons. The molecule has 2 aliphatic heterocycles. The van der Waals surface area contributed by atoms with Gasteiger partial charge in [0.15, 0.2) is 11.5 Å². The average molecular weight is 452 g/mol. The molecule has 8 nitrogen and oxygen atoms in total. The summed E-state index contributed by atoms with van der Waals surface area (Å²) in [5.41, 5.74) is 0. The number of ether oxygens (including phenoxy) is 2. The first-order valence-electron chi connectivity index (χ1n) is 11.3. The fourth-order valence-corrected chi connectivity index (χ4v) is 5.38. The first-order valence-corrected chi connectivity index (χ1v) is 12.7. The Hall–Kier alpha value is -1.84. The van der Waals surface area contributed by atoms with E-state index in [0.717, 1.165) is 32.0 Å². The monoisotopic (exact) mass is 451 g/mol. The molecule has 1 unspecified atom stereocenters. The highest BCUT2D eigenvalue weighted by molar-refractivity contribution is 7.89. The number of rotatable bonds is 7. The van der Waals surface area contributed by atoms with Crippen molar-refractivity contribution in [3.63, 3.8) is 0 Å². The molecule has 9 heteroatoms. The van der Waals surface area contributed by atoms with Gasteiger partial charge < -0.3 is 14.4 Å². The summed E-state index contributed by atoms with van der Waals surface area (Å²) in [5, 5.41) is 0. The number of sulfonamides is 1. The fraction of sp³-hybridized carbons (Fsp3) is 0.682. The minimum absolute atomic E-state index is 0.0736. The van der Waals surface area contributed by atoms with Gasteiger partial charge in [0.05, 0.1) is 18.1 Å². The number of fused-ring (bicyclic) bond motifs is 1. The molecule has 1 saturated carbocycles. The molecule has 2 fully saturated rings.